The second-order valence-corrected chi connectivity index (χ2v) is 4.57. The van der Waals surface area contributed by atoms with Crippen LogP contribution in [0.3, 0.4) is 0 Å². The first-order valence-corrected chi connectivity index (χ1v) is 6.07. The van der Waals surface area contributed by atoms with Gasteiger partial charge in [-0.05, 0) is 37.1 Å². The number of benzene rings is 1. The van der Waals surface area contributed by atoms with Gasteiger partial charge >= 0.3 is 0 Å². The van der Waals surface area contributed by atoms with Crippen LogP contribution in [0.15, 0.2) is 24.4 Å². The lowest BCUT2D eigenvalue weighted by molar-refractivity contribution is 0.207. The van der Waals surface area contributed by atoms with Crippen molar-refractivity contribution in [2.45, 2.75) is 26.5 Å². The molecule has 2 aromatic rings. The molecule has 1 unspecified atom stereocenters. The number of aromatic nitrogens is 2. The number of hydrogen-bond acceptors (Lipinski definition) is 2. The number of rotatable bonds is 3. The van der Waals surface area contributed by atoms with Crippen molar-refractivity contribution in [3.63, 3.8) is 0 Å². The Labute approximate surface area is 110 Å². The minimum absolute atomic E-state index is 0.372. The lowest BCUT2D eigenvalue weighted by Gasteiger charge is -2.14. The third kappa shape index (κ3) is 2.40. The summed E-state index contributed by atoms with van der Waals surface area (Å²) < 4.78 is 15.0. The van der Waals surface area contributed by atoms with Gasteiger partial charge in [0.1, 0.15) is 11.9 Å². The van der Waals surface area contributed by atoms with E-state index in [-0.39, 0.29) is 5.82 Å². The van der Waals surface area contributed by atoms with Crippen LogP contribution in [0.1, 0.15) is 29.8 Å². The molecule has 1 aromatic carbocycles. The molecule has 0 saturated carbocycles. The van der Waals surface area contributed by atoms with Crippen molar-refractivity contribution in [1.82, 2.24) is 9.78 Å². The molecule has 0 bridgehead atoms. The summed E-state index contributed by atoms with van der Waals surface area (Å²) in [6.07, 6.45) is 0.504. The maximum Gasteiger partial charge on any atom is 0.123 e. The molecule has 0 radical (unpaired) electrons. The van der Waals surface area contributed by atoms with E-state index in [0.717, 1.165) is 5.56 Å². The Hall–Kier alpha value is -1.39. The average Bonchev–Trinajstić information content (AvgIpc) is 2.68. The van der Waals surface area contributed by atoms with Crippen molar-refractivity contribution >= 4 is 11.6 Å². The van der Waals surface area contributed by atoms with Crippen LogP contribution >= 0.6 is 11.6 Å². The van der Waals surface area contributed by atoms with Crippen LogP contribution in [0, 0.1) is 12.7 Å². The molecule has 5 heteroatoms. The van der Waals surface area contributed by atoms with E-state index in [9.17, 15) is 9.50 Å². The Kier molecular flexibility index (Phi) is 3.68. The molecule has 2 rings (SSSR count). The minimum Gasteiger partial charge on any atom is -0.382 e. The highest BCUT2D eigenvalue weighted by Crippen LogP contribution is 2.29. The molecule has 1 N–H and O–H groups in total. The van der Waals surface area contributed by atoms with Crippen molar-refractivity contribution in [1.29, 1.82) is 0 Å². The summed E-state index contributed by atoms with van der Waals surface area (Å²) in [7, 11) is 0. The number of aliphatic hydroxyl groups is 1. The molecular formula is C13H14ClFN2O. The zero-order chi connectivity index (χ0) is 13.3. The highest BCUT2D eigenvalue weighted by Gasteiger charge is 2.20. The molecular weight excluding hydrogens is 255 g/mol. The van der Waals surface area contributed by atoms with E-state index in [1.807, 2.05) is 6.92 Å². The lowest BCUT2D eigenvalue weighted by atomic mass is 10.0. The monoisotopic (exact) mass is 268 g/mol. The summed E-state index contributed by atoms with van der Waals surface area (Å²) in [6.45, 7) is 4.27. The predicted octanol–water partition coefficient (Wildman–Crippen LogP) is 3.09. The molecule has 0 aliphatic heterocycles. The highest BCUT2D eigenvalue weighted by molar-refractivity contribution is 6.31. The normalized spacial score (nSPS) is 12.7. The van der Waals surface area contributed by atoms with Gasteiger partial charge in [-0.2, -0.15) is 5.10 Å². The van der Waals surface area contributed by atoms with Gasteiger partial charge in [0.2, 0.25) is 0 Å². The fraction of sp³-hybridized carbons (Fsp3) is 0.308. The van der Waals surface area contributed by atoms with Crippen LogP contribution in [-0.2, 0) is 6.54 Å². The second kappa shape index (κ2) is 5.08. The Bertz CT molecular complexity index is 548. The molecule has 18 heavy (non-hydrogen) atoms. The molecule has 1 atom stereocenters. The summed E-state index contributed by atoms with van der Waals surface area (Å²) in [5.41, 5.74) is 1.72. The van der Waals surface area contributed by atoms with Crippen molar-refractivity contribution in [3.05, 3.63) is 52.1 Å². The number of hydrogen-bond donors (Lipinski definition) is 1. The first-order chi connectivity index (χ1) is 8.52. The molecule has 0 aliphatic carbocycles. The Balaban J connectivity index is 2.47. The molecule has 96 valence electrons. The van der Waals surface area contributed by atoms with Crippen LogP contribution in [0.25, 0.3) is 0 Å². The molecule has 0 amide bonds. The zero-order valence-corrected chi connectivity index (χ0v) is 10.9. The second-order valence-electron chi connectivity index (χ2n) is 4.16. The fourth-order valence-corrected chi connectivity index (χ4v) is 2.22. The molecule has 3 nitrogen and oxygen atoms in total. The zero-order valence-electron chi connectivity index (χ0n) is 10.2. The maximum atomic E-state index is 13.3. The number of aryl methyl sites for hydroxylation is 2. The third-order valence-electron chi connectivity index (χ3n) is 2.77. The van der Waals surface area contributed by atoms with Gasteiger partial charge in [0.25, 0.3) is 0 Å². The van der Waals surface area contributed by atoms with Crippen molar-refractivity contribution in [2.75, 3.05) is 0 Å². The van der Waals surface area contributed by atoms with Crippen LogP contribution in [0.2, 0.25) is 5.02 Å². The van der Waals surface area contributed by atoms with E-state index in [1.54, 1.807) is 17.7 Å². The van der Waals surface area contributed by atoms with Crippen LogP contribution < -0.4 is 0 Å². The Morgan fingerprint density at radius 2 is 2.17 bits per heavy atom. The topological polar surface area (TPSA) is 38.0 Å². The van der Waals surface area contributed by atoms with Crippen LogP contribution in [-0.4, -0.2) is 14.9 Å². The molecule has 0 fully saturated rings. The van der Waals surface area contributed by atoms with Gasteiger partial charge < -0.3 is 5.11 Å². The quantitative estimate of drug-likeness (QED) is 0.929. The molecule has 0 spiro atoms. The maximum absolute atomic E-state index is 13.3. The molecule has 0 aliphatic rings. The van der Waals surface area contributed by atoms with Gasteiger partial charge in [0, 0.05) is 6.54 Å². The van der Waals surface area contributed by atoms with Crippen molar-refractivity contribution in [2.24, 2.45) is 0 Å². The fourth-order valence-electron chi connectivity index (χ4n) is 1.98. The van der Waals surface area contributed by atoms with E-state index >= 15 is 0 Å². The Morgan fingerprint density at radius 3 is 2.78 bits per heavy atom. The van der Waals surface area contributed by atoms with E-state index in [4.69, 9.17) is 11.6 Å². The van der Waals surface area contributed by atoms with Gasteiger partial charge in [0.15, 0.2) is 0 Å². The summed E-state index contributed by atoms with van der Waals surface area (Å²) in [5.74, 6) is -0.372. The number of halogens is 2. The van der Waals surface area contributed by atoms with Gasteiger partial charge in [-0.25, -0.2) is 4.39 Å². The number of aliphatic hydroxyl groups excluding tert-OH is 1. The van der Waals surface area contributed by atoms with Crippen LogP contribution in [0.5, 0.6) is 0 Å². The largest absolute Gasteiger partial charge is 0.382 e. The highest BCUT2D eigenvalue weighted by atomic mass is 35.5. The summed E-state index contributed by atoms with van der Waals surface area (Å²) >= 11 is 6.01. The Morgan fingerprint density at radius 1 is 1.44 bits per heavy atom. The molecule has 1 heterocycles. The van der Waals surface area contributed by atoms with E-state index in [2.05, 4.69) is 5.10 Å². The van der Waals surface area contributed by atoms with Gasteiger partial charge in [0.05, 0.1) is 16.9 Å². The average molecular weight is 269 g/mol. The minimum atomic E-state index is -0.977. The summed E-state index contributed by atoms with van der Waals surface area (Å²) in [5, 5.41) is 14.7. The molecule has 1 aromatic heterocycles. The standard InChI is InChI=1S/C13H14ClFN2O/c1-3-17-12(11(14)7-16-17)13(18)9-4-8(2)5-10(15)6-9/h4-7,13,18H,3H2,1-2H3. The smallest absolute Gasteiger partial charge is 0.123 e. The SMILES string of the molecule is CCn1ncc(Cl)c1C(O)c1cc(C)cc(F)c1. The lowest BCUT2D eigenvalue weighted by Crippen LogP contribution is -2.10. The molecule has 0 saturated heterocycles. The van der Waals surface area contributed by atoms with Gasteiger partial charge in [-0.15, -0.1) is 0 Å². The predicted molar refractivity (Wildman–Crippen MR) is 68.1 cm³/mol. The van der Waals surface area contributed by atoms with Crippen molar-refractivity contribution in [3.8, 4) is 0 Å². The summed E-state index contributed by atoms with van der Waals surface area (Å²) in [4.78, 5) is 0. The first-order valence-electron chi connectivity index (χ1n) is 5.69. The van der Waals surface area contributed by atoms with E-state index in [0.29, 0.717) is 22.8 Å². The van der Waals surface area contributed by atoms with Crippen LogP contribution in [0.4, 0.5) is 4.39 Å². The van der Waals surface area contributed by atoms with Gasteiger partial charge in [-0.3, -0.25) is 4.68 Å². The van der Waals surface area contributed by atoms with E-state index < -0.39 is 6.10 Å². The van der Waals surface area contributed by atoms with Crippen molar-refractivity contribution < 1.29 is 9.50 Å². The van der Waals surface area contributed by atoms with Gasteiger partial charge in [-0.1, -0.05) is 17.7 Å². The third-order valence-corrected chi connectivity index (χ3v) is 3.06. The summed E-state index contributed by atoms with van der Waals surface area (Å²) in [6, 6.07) is 4.45. The number of nitrogens with zero attached hydrogens (tertiary/aromatic N) is 2. The van der Waals surface area contributed by atoms with E-state index in [1.165, 1.54) is 18.3 Å². The first kappa shape index (κ1) is 13.1.